The molecule has 1 aromatic heterocycles. The molecule has 66 valence electrons. The second kappa shape index (κ2) is 2.90. The van der Waals surface area contributed by atoms with Crippen molar-refractivity contribution in [3.05, 3.63) is 46.6 Å². The van der Waals surface area contributed by atoms with Crippen LogP contribution in [0.3, 0.4) is 0 Å². The number of halogens is 1. The Bertz CT molecular complexity index is 472. The summed E-state index contributed by atoms with van der Waals surface area (Å²) in [5.41, 5.74) is 0.592. The Balaban J connectivity index is 2.52. The predicted octanol–water partition coefficient (Wildman–Crippen LogP) is 1.77. The van der Waals surface area contributed by atoms with Crippen LogP contribution in [0, 0.1) is 5.82 Å². The van der Waals surface area contributed by atoms with E-state index in [1.807, 2.05) is 0 Å². The van der Waals surface area contributed by atoms with Crippen molar-refractivity contribution in [2.75, 3.05) is 0 Å². The first-order valence-electron chi connectivity index (χ1n) is 3.70. The minimum atomic E-state index is -0.473. The van der Waals surface area contributed by atoms with Crippen LogP contribution in [0.15, 0.2) is 39.6 Å². The topological polar surface area (TPSA) is 46.0 Å². The van der Waals surface area contributed by atoms with E-state index in [1.165, 1.54) is 18.2 Å². The van der Waals surface area contributed by atoms with Gasteiger partial charge in [0.15, 0.2) is 0 Å². The normalized spacial score (nSPS) is 10.2. The molecule has 0 aliphatic heterocycles. The Labute approximate surface area is 72.8 Å². The summed E-state index contributed by atoms with van der Waals surface area (Å²) in [6.45, 7) is 0. The molecule has 1 aromatic carbocycles. The number of nitrogens with one attached hydrogen (secondary N) is 1. The molecule has 1 heterocycles. The van der Waals surface area contributed by atoms with Crippen LogP contribution >= 0.6 is 0 Å². The van der Waals surface area contributed by atoms with Gasteiger partial charge in [0.2, 0.25) is 0 Å². The molecule has 0 aliphatic carbocycles. The number of hydrogen-bond donors (Lipinski definition) is 1. The van der Waals surface area contributed by atoms with Crippen molar-refractivity contribution >= 4 is 0 Å². The third-order valence-electron chi connectivity index (χ3n) is 1.66. The maximum Gasteiger partial charge on any atom is 0.357 e. The van der Waals surface area contributed by atoms with E-state index in [2.05, 4.69) is 9.68 Å². The van der Waals surface area contributed by atoms with Crippen LogP contribution in [0.5, 0.6) is 0 Å². The first kappa shape index (κ1) is 7.79. The summed E-state index contributed by atoms with van der Waals surface area (Å²) < 4.78 is 17.2. The lowest BCUT2D eigenvalue weighted by atomic mass is 10.1. The molecule has 3 nitrogen and oxygen atoms in total. The Morgan fingerprint density at radius 3 is 2.77 bits per heavy atom. The molecule has 0 saturated carbocycles. The highest BCUT2D eigenvalue weighted by Gasteiger charge is 2.02. The second-order valence-corrected chi connectivity index (χ2v) is 2.59. The lowest BCUT2D eigenvalue weighted by Crippen LogP contribution is -1.85. The van der Waals surface area contributed by atoms with Crippen LogP contribution in [0.25, 0.3) is 11.3 Å². The summed E-state index contributed by atoms with van der Waals surface area (Å²) in [6.07, 6.45) is 0. The molecule has 13 heavy (non-hydrogen) atoms. The molecule has 4 heteroatoms. The zero-order valence-corrected chi connectivity index (χ0v) is 6.58. The lowest BCUT2D eigenvalue weighted by molar-refractivity contribution is 0.394. The van der Waals surface area contributed by atoms with Crippen molar-refractivity contribution in [1.82, 2.24) is 5.16 Å². The molecular weight excluding hydrogens is 173 g/mol. The standard InChI is InChI=1S/C9H6FNO2/c10-7-3-1-2-6(4-7)8-5-9(12)13-11-8/h1-5,11H. The summed E-state index contributed by atoms with van der Waals surface area (Å²) in [5, 5.41) is 2.39. The SMILES string of the molecule is O=c1cc(-c2cccc(F)c2)[nH]o1. The van der Waals surface area contributed by atoms with Crippen molar-refractivity contribution in [3.8, 4) is 11.3 Å². The molecule has 0 aliphatic rings. The van der Waals surface area contributed by atoms with E-state index in [1.54, 1.807) is 12.1 Å². The Kier molecular flexibility index (Phi) is 1.73. The number of rotatable bonds is 1. The molecule has 0 radical (unpaired) electrons. The number of hydrogen-bond acceptors (Lipinski definition) is 2. The average Bonchev–Trinajstić information content (AvgIpc) is 2.52. The highest BCUT2D eigenvalue weighted by molar-refractivity contribution is 5.57. The third-order valence-corrected chi connectivity index (χ3v) is 1.66. The van der Waals surface area contributed by atoms with Crippen molar-refractivity contribution in [2.24, 2.45) is 0 Å². The molecule has 0 saturated heterocycles. The molecule has 2 aromatic rings. The number of aromatic nitrogens is 1. The van der Waals surface area contributed by atoms with Gasteiger partial charge in [0.25, 0.3) is 0 Å². The number of aromatic amines is 1. The lowest BCUT2D eigenvalue weighted by Gasteiger charge is -1.94. The van der Waals surface area contributed by atoms with Crippen molar-refractivity contribution in [3.63, 3.8) is 0 Å². The zero-order chi connectivity index (χ0) is 9.26. The Morgan fingerprint density at radius 2 is 2.15 bits per heavy atom. The molecule has 0 bridgehead atoms. The van der Waals surface area contributed by atoms with Crippen molar-refractivity contribution < 1.29 is 8.91 Å². The quantitative estimate of drug-likeness (QED) is 0.725. The van der Waals surface area contributed by atoms with Gasteiger partial charge in [-0.2, -0.15) is 0 Å². The molecular formula is C9H6FNO2. The molecule has 2 rings (SSSR count). The summed E-state index contributed by atoms with van der Waals surface area (Å²) in [4.78, 5) is 10.7. The van der Waals surface area contributed by atoms with E-state index in [0.717, 1.165) is 0 Å². The van der Waals surface area contributed by atoms with Gasteiger partial charge in [0.1, 0.15) is 5.82 Å². The van der Waals surface area contributed by atoms with Gasteiger partial charge in [0, 0.05) is 5.56 Å². The van der Waals surface area contributed by atoms with E-state index in [4.69, 9.17) is 0 Å². The van der Waals surface area contributed by atoms with Gasteiger partial charge >= 0.3 is 5.63 Å². The maximum absolute atomic E-state index is 12.7. The van der Waals surface area contributed by atoms with Gasteiger partial charge in [-0.15, -0.1) is 0 Å². The summed E-state index contributed by atoms with van der Waals surface area (Å²) in [7, 11) is 0. The summed E-state index contributed by atoms with van der Waals surface area (Å²) >= 11 is 0. The summed E-state index contributed by atoms with van der Waals surface area (Å²) in [5.74, 6) is -0.348. The van der Waals surface area contributed by atoms with E-state index in [-0.39, 0.29) is 5.82 Å². The van der Waals surface area contributed by atoms with Crippen LogP contribution in [-0.2, 0) is 0 Å². The van der Waals surface area contributed by atoms with Crippen molar-refractivity contribution in [2.45, 2.75) is 0 Å². The first-order chi connectivity index (χ1) is 6.25. The van der Waals surface area contributed by atoms with E-state index in [0.29, 0.717) is 11.3 Å². The first-order valence-corrected chi connectivity index (χ1v) is 3.70. The van der Waals surface area contributed by atoms with Gasteiger partial charge in [-0.3, -0.25) is 0 Å². The molecule has 0 spiro atoms. The van der Waals surface area contributed by atoms with E-state index >= 15 is 0 Å². The van der Waals surface area contributed by atoms with Crippen LogP contribution in [0.1, 0.15) is 0 Å². The van der Waals surface area contributed by atoms with Gasteiger partial charge in [-0.25, -0.2) is 14.3 Å². The monoisotopic (exact) mass is 179 g/mol. The number of benzene rings is 1. The molecule has 0 amide bonds. The van der Waals surface area contributed by atoms with Crippen LogP contribution in [-0.4, -0.2) is 5.16 Å². The van der Waals surface area contributed by atoms with Crippen LogP contribution < -0.4 is 5.63 Å². The fourth-order valence-electron chi connectivity index (χ4n) is 1.08. The molecule has 1 N–H and O–H groups in total. The minimum Gasteiger partial charge on any atom is -0.339 e. The van der Waals surface area contributed by atoms with E-state index < -0.39 is 5.63 Å². The highest BCUT2D eigenvalue weighted by Crippen LogP contribution is 2.15. The Hall–Kier alpha value is -1.84. The van der Waals surface area contributed by atoms with Crippen LogP contribution in [0.2, 0.25) is 0 Å². The smallest absolute Gasteiger partial charge is 0.339 e. The van der Waals surface area contributed by atoms with Crippen LogP contribution in [0.4, 0.5) is 4.39 Å². The highest BCUT2D eigenvalue weighted by atomic mass is 19.1. The second-order valence-electron chi connectivity index (χ2n) is 2.59. The fraction of sp³-hybridized carbons (Fsp3) is 0. The molecule has 0 atom stereocenters. The van der Waals surface area contributed by atoms with Gasteiger partial charge < -0.3 is 4.52 Å². The third kappa shape index (κ3) is 1.51. The minimum absolute atomic E-state index is 0.348. The van der Waals surface area contributed by atoms with Crippen molar-refractivity contribution in [1.29, 1.82) is 0 Å². The van der Waals surface area contributed by atoms with Gasteiger partial charge in [-0.1, -0.05) is 12.1 Å². The fourth-order valence-corrected chi connectivity index (χ4v) is 1.08. The zero-order valence-electron chi connectivity index (χ0n) is 6.58. The average molecular weight is 179 g/mol. The maximum atomic E-state index is 12.7. The van der Waals surface area contributed by atoms with E-state index in [9.17, 15) is 9.18 Å². The predicted molar refractivity (Wildman–Crippen MR) is 44.7 cm³/mol. The van der Waals surface area contributed by atoms with Gasteiger partial charge in [-0.05, 0) is 12.1 Å². The number of H-pyrrole nitrogens is 1. The van der Waals surface area contributed by atoms with Gasteiger partial charge in [0.05, 0.1) is 11.8 Å². The largest absolute Gasteiger partial charge is 0.357 e. The summed E-state index contributed by atoms with van der Waals surface area (Å²) in [6, 6.07) is 7.18. The Morgan fingerprint density at radius 1 is 1.31 bits per heavy atom. The molecule has 0 fully saturated rings. The molecule has 0 unspecified atom stereocenters.